The second-order valence-electron chi connectivity index (χ2n) is 7.28. The highest BCUT2D eigenvalue weighted by Gasteiger charge is 2.22. The van der Waals surface area contributed by atoms with Gasteiger partial charge in [-0.2, -0.15) is 0 Å². The van der Waals surface area contributed by atoms with Crippen LogP contribution in [0.4, 0.5) is 0 Å². The number of nitrogens with one attached hydrogen (secondary N) is 2. The first-order valence-corrected chi connectivity index (χ1v) is 9.06. The predicted molar refractivity (Wildman–Crippen MR) is 103 cm³/mol. The molecule has 0 radical (unpaired) electrons. The van der Waals surface area contributed by atoms with Crippen LogP contribution in [0.1, 0.15) is 33.8 Å². The molecule has 0 atom stereocenters. The van der Waals surface area contributed by atoms with Crippen molar-refractivity contribution in [3.05, 3.63) is 74.5 Å². The Morgan fingerprint density at radius 3 is 2.58 bits per heavy atom. The van der Waals surface area contributed by atoms with Gasteiger partial charge in [-0.3, -0.25) is 9.69 Å². The molecular formula is C21H24N4O. The molecule has 3 aromatic rings. The smallest absolute Gasteiger partial charge is 0.254 e. The third-order valence-electron chi connectivity index (χ3n) is 5.12. The average molecular weight is 348 g/mol. The van der Waals surface area contributed by atoms with Gasteiger partial charge >= 0.3 is 0 Å². The van der Waals surface area contributed by atoms with Crippen LogP contribution in [-0.2, 0) is 19.5 Å². The maximum Gasteiger partial charge on any atom is 0.254 e. The summed E-state index contributed by atoms with van der Waals surface area (Å²) in [7, 11) is 0. The minimum absolute atomic E-state index is 0.00266. The second-order valence-corrected chi connectivity index (χ2v) is 7.28. The molecule has 0 bridgehead atoms. The lowest BCUT2D eigenvalue weighted by Crippen LogP contribution is -2.35. The van der Waals surface area contributed by atoms with Crippen LogP contribution in [-0.4, -0.2) is 26.4 Å². The number of H-pyrrole nitrogens is 2. The fourth-order valence-electron chi connectivity index (χ4n) is 3.65. The van der Waals surface area contributed by atoms with Crippen molar-refractivity contribution in [2.45, 2.75) is 40.3 Å². The molecule has 0 saturated heterocycles. The molecule has 0 spiro atoms. The van der Waals surface area contributed by atoms with Gasteiger partial charge in [-0.25, -0.2) is 4.98 Å². The maximum absolute atomic E-state index is 12.5. The van der Waals surface area contributed by atoms with Gasteiger partial charge in [0.15, 0.2) is 0 Å². The third-order valence-corrected chi connectivity index (χ3v) is 5.12. The van der Waals surface area contributed by atoms with Gasteiger partial charge in [0.25, 0.3) is 5.56 Å². The van der Waals surface area contributed by atoms with E-state index in [9.17, 15) is 4.79 Å². The molecule has 26 heavy (non-hydrogen) atoms. The molecule has 5 nitrogen and oxygen atoms in total. The Morgan fingerprint density at radius 1 is 1.12 bits per heavy atom. The highest BCUT2D eigenvalue weighted by atomic mass is 16.1. The third kappa shape index (κ3) is 3.22. The summed E-state index contributed by atoms with van der Waals surface area (Å²) in [5.74, 6) is 0.655. The first kappa shape index (κ1) is 16.8. The van der Waals surface area contributed by atoms with Gasteiger partial charge in [-0.05, 0) is 38.8 Å². The molecule has 0 aliphatic carbocycles. The lowest BCUT2D eigenvalue weighted by Gasteiger charge is -2.27. The predicted octanol–water partition coefficient (Wildman–Crippen LogP) is 3.25. The number of hydrogen-bond donors (Lipinski definition) is 2. The van der Waals surface area contributed by atoms with E-state index in [1.165, 1.54) is 22.5 Å². The Bertz CT molecular complexity index is 998. The van der Waals surface area contributed by atoms with Gasteiger partial charge in [0.1, 0.15) is 5.82 Å². The minimum atomic E-state index is -0.00266. The number of benzene rings is 1. The van der Waals surface area contributed by atoms with E-state index in [0.29, 0.717) is 12.4 Å². The van der Waals surface area contributed by atoms with Crippen LogP contribution in [0.3, 0.4) is 0 Å². The molecule has 2 aromatic heterocycles. The Labute approximate surface area is 153 Å². The topological polar surface area (TPSA) is 64.8 Å². The molecule has 4 rings (SSSR count). The van der Waals surface area contributed by atoms with E-state index >= 15 is 0 Å². The van der Waals surface area contributed by atoms with Crippen LogP contribution in [0.5, 0.6) is 0 Å². The SMILES string of the molecule is Cc1ccc(-c2nc3c(c(=O)[nH]2)CCN(Cc2[nH]c(C)cc2C)C3)cc1. The van der Waals surface area contributed by atoms with Crippen molar-refractivity contribution in [1.29, 1.82) is 0 Å². The number of hydrogen-bond acceptors (Lipinski definition) is 3. The van der Waals surface area contributed by atoms with Crippen molar-refractivity contribution in [2.75, 3.05) is 6.54 Å². The Hall–Kier alpha value is -2.66. The number of aromatic amines is 2. The Morgan fingerprint density at radius 2 is 1.88 bits per heavy atom. The zero-order chi connectivity index (χ0) is 18.3. The second kappa shape index (κ2) is 6.57. The summed E-state index contributed by atoms with van der Waals surface area (Å²) in [5.41, 5.74) is 7.58. The van der Waals surface area contributed by atoms with Crippen LogP contribution in [0.15, 0.2) is 35.1 Å². The minimum Gasteiger partial charge on any atom is -0.361 e. The Balaban J connectivity index is 1.62. The first-order chi connectivity index (χ1) is 12.5. The molecule has 1 aromatic carbocycles. The molecular weight excluding hydrogens is 324 g/mol. The Kier molecular flexibility index (Phi) is 4.24. The highest BCUT2D eigenvalue weighted by molar-refractivity contribution is 5.55. The highest BCUT2D eigenvalue weighted by Crippen LogP contribution is 2.21. The van der Waals surface area contributed by atoms with Crippen LogP contribution >= 0.6 is 0 Å². The van der Waals surface area contributed by atoms with E-state index in [1.54, 1.807) is 0 Å². The molecule has 2 N–H and O–H groups in total. The fraction of sp³-hybridized carbons (Fsp3) is 0.333. The van der Waals surface area contributed by atoms with Gasteiger partial charge in [0, 0.05) is 42.1 Å². The number of aromatic nitrogens is 3. The molecule has 1 aliphatic rings. The molecule has 0 unspecified atom stereocenters. The van der Waals surface area contributed by atoms with Crippen molar-refractivity contribution >= 4 is 0 Å². The van der Waals surface area contributed by atoms with Crippen molar-refractivity contribution in [2.24, 2.45) is 0 Å². The first-order valence-electron chi connectivity index (χ1n) is 9.06. The summed E-state index contributed by atoms with van der Waals surface area (Å²) in [6.07, 6.45) is 0.741. The van der Waals surface area contributed by atoms with Crippen LogP contribution < -0.4 is 5.56 Å². The van der Waals surface area contributed by atoms with Crippen LogP contribution in [0.25, 0.3) is 11.4 Å². The summed E-state index contributed by atoms with van der Waals surface area (Å²) in [5, 5.41) is 0. The zero-order valence-corrected chi connectivity index (χ0v) is 15.5. The van der Waals surface area contributed by atoms with Crippen molar-refractivity contribution < 1.29 is 0 Å². The maximum atomic E-state index is 12.5. The van der Waals surface area contributed by atoms with Gasteiger partial charge in [-0.1, -0.05) is 29.8 Å². The molecule has 0 amide bonds. The summed E-state index contributed by atoms with van der Waals surface area (Å²) in [4.78, 5) is 26.1. The van der Waals surface area contributed by atoms with Crippen molar-refractivity contribution in [3.63, 3.8) is 0 Å². The van der Waals surface area contributed by atoms with Crippen LogP contribution in [0.2, 0.25) is 0 Å². The number of aryl methyl sites for hydroxylation is 3. The molecule has 0 fully saturated rings. The number of rotatable bonds is 3. The van der Waals surface area contributed by atoms with E-state index in [0.717, 1.165) is 36.3 Å². The van der Waals surface area contributed by atoms with E-state index < -0.39 is 0 Å². The normalized spacial score (nSPS) is 14.4. The monoisotopic (exact) mass is 348 g/mol. The van der Waals surface area contributed by atoms with Crippen molar-refractivity contribution in [3.8, 4) is 11.4 Å². The summed E-state index contributed by atoms with van der Waals surface area (Å²) in [6, 6.07) is 10.3. The van der Waals surface area contributed by atoms with Gasteiger partial charge in [-0.15, -0.1) is 0 Å². The summed E-state index contributed by atoms with van der Waals surface area (Å²) in [6.45, 7) is 8.70. The van der Waals surface area contributed by atoms with Gasteiger partial charge < -0.3 is 9.97 Å². The molecule has 5 heteroatoms. The molecule has 134 valence electrons. The van der Waals surface area contributed by atoms with Crippen LogP contribution in [0, 0.1) is 20.8 Å². The average Bonchev–Trinajstić information content (AvgIpc) is 2.92. The van der Waals surface area contributed by atoms with E-state index in [1.807, 2.05) is 24.3 Å². The molecule has 1 aliphatic heterocycles. The number of nitrogens with zero attached hydrogens (tertiary/aromatic N) is 2. The van der Waals surface area contributed by atoms with E-state index in [2.05, 4.69) is 41.7 Å². The fourth-order valence-corrected chi connectivity index (χ4v) is 3.65. The largest absolute Gasteiger partial charge is 0.361 e. The van der Waals surface area contributed by atoms with Gasteiger partial charge in [0.2, 0.25) is 0 Å². The molecule has 3 heterocycles. The lowest BCUT2D eigenvalue weighted by atomic mass is 10.1. The van der Waals surface area contributed by atoms with E-state index in [-0.39, 0.29) is 5.56 Å². The zero-order valence-electron chi connectivity index (χ0n) is 15.5. The van der Waals surface area contributed by atoms with Crippen molar-refractivity contribution in [1.82, 2.24) is 19.9 Å². The standard InChI is InChI=1S/C21H24N4O/c1-13-4-6-16(7-5-13)20-23-19-12-25(9-8-17(19)21(26)24-20)11-18-14(2)10-15(3)22-18/h4-7,10,22H,8-9,11-12H2,1-3H3,(H,23,24,26). The quantitative estimate of drug-likeness (QED) is 0.764. The summed E-state index contributed by atoms with van der Waals surface area (Å²) >= 11 is 0. The number of fused-ring (bicyclic) bond motifs is 1. The summed E-state index contributed by atoms with van der Waals surface area (Å²) < 4.78 is 0. The van der Waals surface area contributed by atoms with Gasteiger partial charge in [0.05, 0.1) is 5.69 Å². The van der Waals surface area contributed by atoms with E-state index in [4.69, 9.17) is 4.98 Å². The molecule has 0 saturated carbocycles. The lowest BCUT2D eigenvalue weighted by molar-refractivity contribution is 0.237.